The van der Waals surface area contributed by atoms with Gasteiger partial charge in [-0.1, -0.05) is 36.4 Å². The van der Waals surface area contributed by atoms with E-state index < -0.39 is 16.1 Å². The van der Waals surface area contributed by atoms with Crippen molar-refractivity contribution >= 4 is 21.8 Å². The van der Waals surface area contributed by atoms with Crippen LogP contribution >= 0.6 is 0 Å². The molecule has 2 aliphatic carbocycles. The molecule has 2 aromatic carbocycles. The number of amides is 2. The molecule has 1 unspecified atom stereocenters. The predicted molar refractivity (Wildman–Crippen MR) is 126 cm³/mol. The predicted octanol–water partition coefficient (Wildman–Crippen LogP) is 2.24. The van der Waals surface area contributed by atoms with Gasteiger partial charge in [0.15, 0.2) is 0 Å². The Morgan fingerprint density at radius 2 is 1.70 bits per heavy atom. The zero-order chi connectivity index (χ0) is 23.3. The minimum absolute atomic E-state index is 0.0342. The lowest BCUT2D eigenvalue weighted by Crippen LogP contribution is -2.49. The highest BCUT2D eigenvalue weighted by molar-refractivity contribution is 7.89. The third-order valence-electron chi connectivity index (χ3n) is 6.13. The van der Waals surface area contributed by atoms with E-state index in [1.165, 1.54) is 5.56 Å². The van der Waals surface area contributed by atoms with Crippen molar-refractivity contribution in [2.24, 2.45) is 0 Å². The minimum Gasteiger partial charge on any atom is -0.352 e. The summed E-state index contributed by atoms with van der Waals surface area (Å²) in [6, 6.07) is 14.3. The van der Waals surface area contributed by atoms with E-state index in [1.54, 1.807) is 12.1 Å². The fourth-order valence-corrected chi connectivity index (χ4v) is 5.20. The van der Waals surface area contributed by atoms with Gasteiger partial charge in [0.2, 0.25) is 21.8 Å². The van der Waals surface area contributed by atoms with Crippen LogP contribution in [-0.2, 0) is 38.9 Å². The highest BCUT2D eigenvalue weighted by Gasteiger charge is 2.28. The van der Waals surface area contributed by atoms with E-state index in [2.05, 4.69) is 15.4 Å². The van der Waals surface area contributed by atoms with Crippen LogP contribution in [0.4, 0.5) is 0 Å². The summed E-state index contributed by atoms with van der Waals surface area (Å²) < 4.78 is 27.9. The van der Waals surface area contributed by atoms with Gasteiger partial charge in [0, 0.05) is 25.4 Å². The maximum atomic E-state index is 12.7. The number of aryl methyl sites for hydroxylation is 2. The van der Waals surface area contributed by atoms with Gasteiger partial charge in [-0.2, -0.15) is 0 Å². The summed E-state index contributed by atoms with van der Waals surface area (Å²) in [4.78, 5) is 25.4. The smallest absolute Gasteiger partial charge is 0.243 e. The first kappa shape index (κ1) is 23.4. The number of nitrogens with one attached hydrogen (secondary N) is 3. The van der Waals surface area contributed by atoms with E-state index >= 15 is 0 Å². The SMILES string of the molecule is O=C(CCNS(=O)(=O)c1ccc2c(c1)CCCC2)NC(Cc1ccccc1)C(=O)NC1CC1. The van der Waals surface area contributed by atoms with Crippen LogP contribution < -0.4 is 15.4 Å². The van der Waals surface area contributed by atoms with E-state index in [1.807, 2.05) is 36.4 Å². The van der Waals surface area contributed by atoms with Crippen molar-refractivity contribution in [1.29, 1.82) is 0 Å². The molecule has 0 heterocycles. The molecule has 0 aromatic heterocycles. The molecule has 3 N–H and O–H groups in total. The average Bonchev–Trinajstić information content (AvgIpc) is 3.63. The summed E-state index contributed by atoms with van der Waals surface area (Å²) in [5.74, 6) is -0.570. The summed E-state index contributed by atoms with van der Waals surface area (Å²) in [7, 11) is -3.70. The second-order valence-corrected chi connectivity index (χ2v) is 10.6. The van der Waals surface area contributed by atoms with Crippen LogP contribution in [0.5, 0.6) is 0 Å². The van der Waals surface area contributed by atoms with Gasteiger partial charge in [0.25, 0.3) is 0 Å². The van der Waals surface area contributed by atoms with Crippen LogP contribution in [0.15, 0.2) is 53.4 Å². The fraction of sp³-hybridized carbons (Fsp3) is 0.440. The van der Waals surface area contributed by atoms with Crippen molar-refractivity contribution in [1.82, 2.24) is 15.4 Å². The molecule has 7 nitrogen and oxygen atoms in total. The first-order valence-corrected chi connectivity index (χ1v) is 13.1. The van der Waals surface area contributed by atoms with E-state index in [9.17, 15) is 18.0 Å². The van der Waals surface area contributed by atoms with Crippen molar-refractivity contribution in [3.63, 3.8) is 0 Å². The van der Waals surface area contributed by atoms with Crippen molar-refractivity contribution in [3.05, 3.63) is 65.2 Å². The molecule has 0 bridgehead atoms. The lowest BCUT2D eigenvalue weighted by molar-refractivity contribution is -0.129. The maximum Gasteiger partial charge on any atom is 0.243 e. The number of rotatable bonds is 10. The van der Waals surface area contributed by atoms with Gasteiger partial charge in [-0.05, 0) is 67.3 Å². The van der Waals surface area contributed by atoms with E-state index in [0.717, 1.165) is 49.7 Å². The molecule has 0 aliphatic heterocycles. The average molecular weight is 470 g/mol. The molecule has 33 heavy (non-hydrogen) atoms. The van der Waals surface area contributed by atoms with Gasteiger partial charge >= 0.3 is 0 Å². The van der Waals surface area contributed by atoms with Crippen LogP contribution in [0, 0.1) is 0 Å². The third-order valence-corrected chi connectivity index (χ3v) is 7.59. The molecule has 4 rings (SSSR count). The molecule has 0 saturated heterocycles. The Balaban J connectivity index is 1.32. The zero-order valence-electron chi connectivity index (χ0n) is 18.7. The minimum atomic E-state index is -3.70. The molecule has 8 heteroatoms. The third kappa shape index (κ3) is 6.65. The number of benzene rings is 2. The van der Waals surface area contributed by atoms with Crippen LogP contribution in [-0.4, -0.2) is 38.9 Å². The number of hydrogen-bond donors (Lipinski definition) is 3. The Morgan fingerprint density at radius 1 is 0.970 bits per heavy atom. The van der Waals surface area contributed by atoms with Crippen molar-refractivity contribution < 1.29 is 18.0 Å². The van der Waals surface area contributed by atoms with Crippen molar-refractivity contribution in [3.8, 4) is 0 Å². The normalized spacial score (nSPS) is 16.5. The molecule has 1 saturated carbocycles. The van der Waals surface area contributed by atoms with Crippen molar-refractivity contribution in [2.45, 2.75) is 68.3 Å². The number of fused-ring (bicyclic) bond motifs is 1. The Hall–Kier alpha value is -2.71. The molecular formula is C25H31N3O4S. The van der Waals surface area contributed by atoms with Crippen molar-refractivity contribution in [2.75, 3.05) is 6.54 Å². The maximum absolute atomic E-state index is 12.7. The van der Waals surface area contributed by atoms with Crippen LogP contribution in [0.2, 0.25) is 0 Å². The summed E-state index contributed by atoms with van der Waals surface area (Å²) in [6.45, 7) is -0.0342. The van der Waals surface area contributed by atoms with Crippen LogP contribution in [0.1, 0.15) is 48.8 Å². The second-order valence-electron chi connectivity index (χ2n) is 8.88. The summed E-state index contributed by atoms with van der Waals surface area (Å²) in [5, 5.41) is 5.72. The molecule has 2 aliphatic rings. The molecule has 176 valence electrons. The number of hydrogen-bond acceptors (Lipinski definition) is 4. The van der Waals surface area contributed by atoms with E-state index in [-0.39, 0.29) is 35.7 Å². The highest BCUT2D eigenvalue weighted by Crippen LogP contribution is 2.24. The highest BCUT2D eigenvalue weighted by atomic mass is 32.2. The summed E-state index contributed by atoms with van der Waals surface area (Å²) in [6.07, 6.45) is 6.34. The molecule has 2 aromatic rings. The Labute approximate surface area is 195 Å². The van der Waals surface area contributed by atoms with Gasteiger partial charge in [0.1, 0.15) is 6.04 Å². The molecule has 1 fully saturated rings. The number of carbonyl (C=O) groups excluding carboxylic acids is 2. The molecular weight excluding hydrogens is 438 g/mol. The molecule has 0 radical (unpaired) electrons. The van der Waals surface area contributed by atoms with Gasteiger partial charge in [-0.3, -0.25) is 9.59 Å². The van der Waals surface area contributed by atoms with Gasteiger partial charge < -0.3 is 10.6 Å². The Kier molecular flexibility index (Phi) is 7.45. The number of sulfonamides is 1. The van der Waals surface area contributed by atoms with Crippen LogP contribution in [0.3, 0.4) is 0 Å². The topological polar surface area (TPSA) is 104 Å². The standard InChI is InChI=1S/C25H31N3O4S/c29-24(28-23(25(30)27-21-11-12-21)16-18-6-2-1-3-7-18)14-15-26-33(31,32)22-13-10-19-8-4-5-9-20(19)17-22/h1-3,6-7,10,13,17,21,23,26H,4-5,8-9,11-12,14-16H2,(H,27,30)(H,28,29). The second kappa shape index (κ2) is 10.5. The molecule has 2 amide bonds. The summed E-state index contributed by atoms with van der Waals surface area (Å²) >= 11 is 0. The first-order valence-electron chi connectivity index (χ1n) is 11.7. The molecule has 1 atom stereocenters. The Bertz CT molecular complexity index is 1100. The first-order chi connectivity index (χ1) is 15.9. The van der Waals surface area contributed by atoms with Gasteiger partial charge in [-0.25, -0.2) is 13.1 Å². The number of carbonyl (C=O) groups is 2. The monoisotopic (exact) mass is 469 g/mol. The Morgan fingerprint density at radius 3 is 2.42 bits per heavy atom. The lowest BCUT2D eigenvalue weighted by atomic mass is 9.92. The lowest BCUT2D eigenvalue weighted by Gasteiger charge is -2.19. The largest absolute Gasteiger partial charge is 0.352 e. The van der Waals surface area contributed by atoms with E-state index in [4.69, 9.17) is 0 Å². The zero-order valence-corrected chi connectivity index (χ0v) is 19.5. The summed E-state index contributed by atoms with van der Waals surface area (Å²) in [5.41, 5.74) is 3.25. The quantitative estimate of drug-likeness (QED) is 0.496. The van der Waals surface area contributed by atoms with Gasteiger partial charge in [-0.15, -0.1) is 0 Å². The van der Waals surface area contributed by atoms with E-state index in [0.29, 0.717) is 6.42 Å². The fourth-order valence-electron chi connectivity index (χ4n) is 4.11. The van der Waals surface area contributed by atoms with Gasteiger partial charge in [0.05, 0.1) is 4.90 Å². The van der Waals surface area contributed by atoms with Crippen LogP contribution in [0.25, 0.3) is 0 Å². The molecule has 0 spiro atoms.